The second-order valence-corrected chi connectivity index (χ2v) is 4.10. The summed E-state index contributed by atoms with van der Waals surface area (Å²) in [6, 6.07) is 12.2. The van der Waals surface area contributed by atoms with Gasteiger partial charge < -0.3 is 5.73 Å². The van der Waals surface area contributed by atoms with Gasteiger partial charge in [0.1, 0.15) is 0 Å². The first kappa shape index (κ1) is 10.9. The third-order valence-electron chi connectivity index (χ3n) is 3.06. The first-order valence-corrected chi connectivity index (χ1v) is 5.87. The van der Waals surface area contributed by atoms with Crippen molar-refractivity contribution in [1.82, 2.24) is 9.97 Å². The fraction of sp³-hybridized carbons (Fsp3) is 0.0667. The highest BCUT2D eigenvalue weighted by Gasteiger charge is 2.07. The van der Waals surface area contributed by atoms with Gasteiger partial charge in [0.05, 0.1) is 5.69 Å². The average Bonchev–Trinajstić information content (AvgIpc) is 2.47. The number of rotatable bonds is 2. The van der Waals surface area contributed by atoms with E-state index < -0.39 is 0 Å². The van der Waals surface area contributed by atoms with Crippen molar-refractivity contribution in [1.29, 1.82) is 0 Å². The summed E-state index contributed by atoms with van der Waals surface area (Å²) in [5.41, 5.74) is 8.90. The lowest BCUT2D eigenvalue weighted by molar-refractivity contribution is 1.01. The predicted octanol–water partition coefficient (Wildman–Crippen LogP) is 2.76. The standard InChI is InChI=1S/C15H13N3/c16-9-15-13-4-2-1-3-12(13)14(10-18-15)11-5-7-17-8-6-11/h1-8,10H,9,16H2. The molecule has 2 aromatic heterocycles. The van der Waals surface area contributed by atoms with Gasteiger partial charge in [0.15, 0.2) is 0 Å². The molecule has 3 heteroatoms. The molecule has 0 aliphatic rings. The van der Waals surface area contributed by atoms with E-state index in [9.17, 15) is 0 Å². The van der Waals surface area contributed by atoms with Crippen LogP contribution in [0, 0.1) is 0 Å². The normalized spacial score (nSPS) is 10.7. The van der Waals surface area contributed by atoms with E-state index in [-0.39, 0.29) is 0 Å². The largest absolute Gasteiger partial charge is 0.325 e. The zero-order chi connectivity index (χ0) is 12.4. The lowest BCUT2D eigenvalue weighted by Gasteiger charge is -2.09. The summed E-state index contributed by atoms with van der Waals surface area (Å²) >= 11 is 0. The maximum Gasteiger partial charge on any atom is 0.0618 e. The molecular formula is C15H13N3. The third kappa shape index (κ3) is 1.75. The van der Waals surface area contributed by atoms with Gasteiger partial charge in [0.25, 0.3) is 0 Å². The average molecular weight is 235 g/mol. The molecular weight excluding hydrogens is 222 g/mol. The van der Waals surface area contributed by atoms with Crippen LogP contribution in [0.2, 0.25) is 0 Å². The minimum Gasteiger partial charge on any atom is -0.325 e. The van der Waals surface area contributed by atoms with Gasteiger partial charge in [-0.15, -0.1) is 0 Å². The molecule has 0 bridgehead atoms. The number of pyridine rings is 2. The van der Waals surface area contributed by atoms with Gasteiger partial charge in [-0.2, -0.15) is 0 Å². The highest BCUT2D eigenvalue weighted by atomic mass is 14.7. The molecule has 0 aliphatic carbocycles. The Morgan fingerprint density at radius 2 is 1.67 bits per heavy atom. The van der Waals surface area contributed by atoms with Crippen LogP contribution in [0.25, 0.3) is 21.9 Å². The van der Waals surface area contributed by atoms with E-state index in [2.05, 4.69) is 22.1 Å². The lowest BCUT2D eigenvalue weighted by Crippen LogP contribution is -2.01. The van der Waals surface area contributed by atoms with Crippen molar-refractivity contribution >= 4 is 10.8 Å². The molecule has 0 saturated heterocycles. The molecule has 0 aliphatic heterocycles. The summed E-state index contributed by atoms with van der Waals surface area (Å²) < 4.78 is 0. The van der Waals surface area contributed by atoms with Crippen molar-refractivity contribution in [3.63, 3.8) is 0 Å². The van der Waals surface area contributed by atoms with Crippen LogP contribution < -0.4 is 5.73 Å². The van der Waals surface area contributed by atoms with Crippen LogP contribution in [-0.4, -0.2) is 9.97 Å². The number of hydrogen-bond donors (Lipinski definition) is 1. The number of nitrogens with zero attached hydrogens (tertiary/aromatic N) is 2. The van der Waals surface area contributed by atoms with Gasteiger partial charge in [-0.05, 0) is 23.1 Å². The Morgan fingerprint density at radius 1 is 0.944 bits per heavy atom. The molecule has 1 aromatic carbocycles. The van der Waals surface area contributed by atoms with Crippen LogP contribution in [0.1, 0.15) is 5.69 Å². The molecule has 0 atom stereocenters. The SMILES string of the molecule is NCc1ncc(-c2ccncc2)c2ccccc12. The predicted molar refractivity (Wildman–Crippen MR) is 72.9 cm³/mol. The maximum atomic E-state index is 5.73. The highest BCUT2D eigenvalue weighted by molar-refractivity contribution is 5.97. The van der Waals surface area contributed by atoms with E-state index in [4.69, 9.17) is 5.73 Å². The van der Waals surface area contributed by atoms with Crippen LogP contribution in [0.3, 0.4) is 0 Å². The fourth-order valence-corrected chi connectivity index (χ4v) is 2.18. The van der Waals surface area contributed by atoms with Gasteiger partial charge in [0, 0.05) is 36.1 Å². The first-order chi connectivity index (χ1) is 8.90. The number of benzene rings is 1. The van der Waals surface area contributed by atoms with Crippen LogP contribution in [0.4, 0.5) is 0 Å². The fourth-order valence-electron chi connectivity index (χ4n) is 2.18. The minimum atomic E-state index is 0.455. The summed E-state index contributed by atoms with van der Waals surface area (Å²) in [6.07, 6.45) is 5.47. The monoisotopic (exact) mass is 235 g/mol. The van der Waals surface area contributed by atoms with Crippen molar-refractivity contribution in [3.8, 4) is 11.1 Å². The van der Waals surface area contributed by atoms with E-state index in [1.807, 2.05) is 30.5 Å². The lowest BCUT2D eigenvalue weighted by atomic mass is 10.00. The van der Waals surface area contributed by atoms with Crippen LogP contribution >= 0.6 is 0 Å². The first-order valence-electron chi connectivity index (χ1n) is 5.87. The molecule has 3 aromatic rings. The Hall–Kier alpha value is -2.26. The zero-order valence-electron chi connectivity index (χ0n) is 9.88. The Bertz CT molecular complexity index is 678. The van der Waals surface area contributed by atoms with E-state index in [0.29, 0.717) is 6.54 Å². The molecule has 0 saturated carbocycles. The Kier molecular flexibility index (Phi) is 2.74. The molecule has 3 nitrogen and oxygen atoms in total. The molecule has 88 valence electrons. The Balaban J connectivity index is 2.32. The van der Waals surface area contributed by atoms with E-state index in [1.165, 1.54) is 5.39 Å². The van der Waals surface area contributed by atoms with E-state index >= 15 is 0 Å². The molecule has 0 fully saturated rings. The van der Waals surface area contributed by atoms with Crippen LogP contribution in [-0.2, 0) is 6.54 Å². The maximum absolute atomic E-state index is 5.73. The van der Waals surface area contributed by atoms with Crippen LogP contribution in [0.5, 0.6) is 0 Å². The van der Waals surface area contributed by atoms with Crippen molar-refractivity contribution < 1.29 is 0 Å². The smallest absolute Gasteiger partial charge is 0.0618 e. The zero-order valence-corrected chi connectivity index (χ0v) is 9.88. The van der Waals surface area contributed by atoms with Crippen molar-refractivity contribution in [3.05, 3.63) is 60.7 Å². The quantitative estimate of drug-likeness (QED) is 0.743. The molecule has 2 N–H and O–H groups in total. The molecule has 18 heavy (non-hydrogen) atoms. The second-order valence-electron chi connectivity index (χ2n) is 4.10. The summed E-state index contributed by atoms with van der Waals surface area (Å²) in [6.45, 7) is 0.455. The summed E-state index contributed by atoms with van der Waals surface area (Å²) in [4.78, 5) is 8.50. The van der Waals surface area contributed by atoms with Gasteiger partial charge in [-0.3, -0.25) is 9.97 Å². The Labute approximate surface area is 105 Å². The number of nitrogens with two attached hydrogens (primary N) is 1. The van der Waals surface area contributed by atoms with Gasteiger partial charge in [0.2, 0.25) is 0 Å². The van der Waals surface area contributed by atoms with E-state index in [1.54, 1.807) is 12.4 Å². The van der Waals surface area contributed by atoms with Crippen molar-refractivity contribution in [2.75, 3.05) is 0 Å². The Morgan fingerprint density at radius 3 is 2.39 bits per heavy atom. The van der Waals surface area contributed by atoms with Gasteiger partial charge in [-0.1, -0.05) is 24.3 Å². The minimum absolute atomic E-state index is 0.455. The molecule has 2 heterocycles. The molecule has 0 radical (unpaired) electrons. The summed E-state index contributed by atoms with van der Waals surface area (Å²) in [5, 5.41) is 2.30. The van der Waals surface area contributed by atoms with Crippen molar-refractivity contribution in [2.45, 2.75) is 6.54 Å². The molecule has 0 spiro atoms. The third-order valence-corrected chi connectivity index (χ3v) is 3.06. The summed E-state index contributed by atoms with van der Waals surface area (Å²) in [7, 11) is 0. The van der Waals surface area contributed by atoms with Gasteiger partial charge >= 0.3 is 0 Å². The molecule has 3 rings (SSSR count). The van der Waals surface area contributed by atoms with Crippen LogP contribution in [0.15, 0.2) is 55.0 Å². The highest BCUT2D eigenvalue weighted by Crippen LogP contribution is 2.28. The van der Waals surface area contributed by atoms with E-state index in [0.717, 1.165) is 22.2 Å². The topological polar surface area (TPSA) is 51.8 Å². The second kappa shape index (κ2) is 4.55. The number of aromatic nitrogens is 2. The molecule has 0 amide bonds. The van der Waals surface area contributed by atoms with Gasteiger partial charge in [-0.25, -0.2) is 0 Å². The number of fused-ring (bicyclic) bond motifs is 1. The summed E-state index contributed by atoms with van der Waals surface area (Å²) in [5.74, 6) is 0. The van der Waals surface area contributed by atoms with Crippen molar-refractivity contribution in [2.24, 2.45) is 5.73 Å². The number of hydrogen-bond acceptors (Lipinski definition) is 3. The molecule has 0 unspecified atom stereocenters.